The number of fused-ring (bicyclic) bond motifs is 1. The zero-order chi connectivity index (χ0) is 32.5. The molecule has 1 aliphatic carbocycles. The molecule has 1 aliphatic heterocycles. The van der Waals surface area contributed by atoms with Crippen LogP contribution in [0.4, 0.5) is 0 Å². The van der Waals surface area contributed by atoms with Crippen molar-refractivity contribution in [1.82, 2.24) is 14.8 Å². The van der Waals surface area contributed by atoms with Crippen molar-refractivity contribution in [2.75, 3.05) is 6.26 Å². The minimum absolute atomic E-state index is 0.0697. The van der Waals surface area contributed by atoms with E-state index >= 15 is 0 Å². The number of halogens is 2. The van der Waals surface area contributed by atoms with Crippen LogP contribution < -0.4 is 11.3 Å². The van der Waals surface area contributed by atoms with Crippen molar-refractivity contribution in [3.63, 3.8) is 0 Å². The third-order valence-electron chi connectivity index (χ3n) is 8.29. The standard InChI is InChI=1S/C31H32Cl2N4O7S/c1-45(42,43)37(34)26-12-5-4-11-25(26)36-28(23-14-13-20(32)16-24(23)33)27(21-9-2-3-10-22(21)30(36)39)29(38)35-44-17-18-7-6-8-19(15-18)31(40)41/h2-3,6-10,13-16,25-28H,4-5,11-12,17,34H2,1H3,(H,35,38)(H,40,41)/t25-,26-,27+,28-/m0/s1. The Hall–Kier alpha value is -3.52. The van der Waals surface area contributed by atoms with E-state index in [9.17, 15) is 27.9 Å². The highest BCUT2D eigenvalue weighted by molar-refractivity contribution is 7.88. The second kappa shape index (κ2) is 13.5. The zero-order valence-electron chi connectivity index (χ0n) is 24.2. The van der Waals surface area contributed by atoms with Crippen LogP contribution in [-0.4, -0.2) is 59.0 Å². The Morgan fingerprint density at radius 2 is 1.78 bits per heavy atom. The number of aromatic carboxylic acids is 1. The van der Waals surface area contributed by atoms with Crippen LogP contribution >= 0.6 is 23.2 Å². The number of hydroxylamine groups is 1. The summed E-state index contributed by atoms with van der Waals surface area (Å²) in [5.74, 6) is 3.04. The number of sulfonamides is 1. The summed E-state index contributed by atoms with van der Waals surface area (Å²) in [6.45, 7) is -0.128. The Morgan fingerprint density at radius 3 is 2.49 bits per heavy atom. The van der Waals surface area contributed by atoms with Crippen molar-refractivity contribution in [2.45, 2.75) is 56.3 Å². The van der Waals surface area contributed by atoms with Gasteiger partial charge in [0.15, 0.2) is 0 Å². The van der Waals surface area contributed by atoms with Gasteiger partial charge >= 0.3 is 5.97 Å². The number of hydrazine groups is 1. The number of rotatable bonds is 9. The van der Waals surface area contributed by atoms with Crippen molar-refractivity contribution in [3.8, 4) is 0 Å². The molecule has 0 spiro atoms. The molecule has 4 atom stereocenters. The number of carbonyl (C=O) groups is 3. The molecule has 238 valence electrons. The maximum atomic E-state index is 14.4. The summed E-state index contributed by atoms with van der Waals surface area (Å²) in [6, 6.07) is 15.2. The fraction of sp³-hybridized carbons (Fsp3) is 0.323. The van der Waals surface area contributed by atoms with Gasteiger partial charge in [-0.25, -0.2) is 18.7 Å². The van der Waals surface area contributed by atoms with E-state index in [-0.39, 0.29) is 22.8 Å². The minimum Gasteiger partial charge on any atom is -0.478 e. The van der Waals surface area contributed by atoms with Gasteiger partial charge in [-0.2, -0.15) is 0 Å². The van der Waals surface area contributed by atoms with Gasteiger partial charge in [0.05, 0.1) is 42.5 Å². The summed E-state index contributed by atoms with van der Waals surface area (Å²) in [7, 11) is -3.83. The first-order valence-electron chi connectivity index (χ1n) is 14.2. The van der Waals surface area contributed by atoms with E-state index < -0.39 is 51.9 Å². The van der Waals surface area contributed by atoms with Crippen molar-refractivity contribution in [1.29, 1.82) is 0 Å². The molecule has 4 N–H and O–H groups in total. The van der Waals surface area contributed by atoms with Gasteiger partial charge in [-0.15, -0.1) is 4.41 Å². The van der Waals surface area contributed by atoms with E-state index in [4.69, 9.17) is 33.9 Å². The fourth-order valence-electron chi connectivity index (χ4n) is 6.28. The number of carboxylic acid groups (broad SMARTS) is 1. The quantitative estimate of drug-likeness (QED) is 0.218. The Labute approximate surface area is 270 Å². The molecule has 0 unspecified atom stereocenters. The second-order valence-electron chi connectivity index (χ2n) is 11.2. The lowest BCUT2D eigenvalue weighted by Gasteiger charge is -2.50. The molecule has 1 heterocycles. The molecule has 1 saturated carbocycles. The monoisotopic (exact) mass is 674 g/mol. The van der Waals surface area contributed by atoms with E-state index in [0.29, 0.717) is 47.4 Å². The Balaban J connectivity index is 1.58. The second-order valence-corrected chi connectivity index (χ2v) is 13.9. The SMILES string of the molecule is CS(=O)(=O)N(N)[C@H]1CCCC[C@@H]1N1C(=O)c2ccccc2[C@@H](C(=O)NOCc2cccc(C(=O)O)c2)[C@@H]1c1ccc(Cl)cc1Cl. The number of hydrogen-bond donors (Lipinski definition) is 3. The molecule has 14 heteroatoms. The van der Waals surface area contributed by atoms with Crippen LogP contribution in [0.15, 0.2) is 66.7 Å². The summed E-state index contributed by atoms with van der Waals surface area (Å²) < 4.78 is 26.0. The number of amides is 2. The van der Waals surface area contributed by atoms with Crippen LogP contribution in [0, 0.1) is 0 Å². The van der Waals surface area contributed by atoms with Crippen LogP contribution in [0.1, 0.15) is 75.0 Å². The summed E-state index contributed by atoms with van der Waals surface area (Å²) in [5, 5.41) is 9.88. The van der Waals surface area contributed by atoms with Gasteiger partial charge in [0.2, 0.25) is 10.0 Å². The lowest BCUT2D eigenvalue weighted by atomic mass is 9.76. The van der Waals surface area contributed by atoms with Gasteiger partial charge in [-0.05, 0) is 59.9 Å². The largest absolute Gasteiger partial charge is 0.478 e. The average molecular weight is 676 g/mol. The molecular formula is C31H32Cl2N4O7S. The first-order chi connectivity index (χ1) is 21.4. The summed E-state index contributed by atoms with van der Waals surface area (Å²) in [5.41, 5.74) is 4.23. The molecule has 2 amide bonds. The summed E-state index contributed by atoms with van der Waals surface area (Å²) in [4.78, 5) is 47.0. The third-order valence-corrected chi connectivity index (χ3v) is 9.89. The van der Waals surface area contributed by atoms with E-state index in [1.54, 1.807) is 53.4 Å². The molecule has 45 heavy (non-hydrogen) atoms. The van der Waals surface area contributed by atoms with Crippen LogP contribution in [0.2, 0.25) is 10.0 Å². The van der Waals surface area contributed by atoms with Crippen molar-refractivity contribution >= 4 is 51.0 Å². The molecule has 1 fully saturated rings. The maximum absolute atomic E-state index is 14.4. The Kier molecular flexibility index (Phi) is 9.83. The maximum Gasteiger partial charge on any atom is 0.335 e. The zero-order valence-corrected chi connectivity index (χ0v) is 26.6. The number of carboxylic acids is 1. The first kappa shape index (κ1) is 32.9. The highest BCUT2D eigenvalue weighted by atomic mass is 35.5. The first-order valence-corrected chi connectivity index (χ1v) is 16.8. The third kappa shape index (κ3) is 6.86. The van der Waals surface area contributed by atoms with Gasteiger partial charge in [-0.3, -0.25) is 20.3 Å². The van der Waals surface area contributed by atoms with Crippen LogP contribution in [0.3, 0.4) is 0 Å². The normalized spacial score (nSPS) is 21.8. The van der Waals surface area contributed by atoms with Crippen LogP contribution in [0.25, 0.3) is 0 Å². The highest BCUT2D eigenvalue weighted by Gasteiger charge is 2.50. The van der Waals surface area contributed by atoms with Crippen LogP contribution in [0.5, 0.6) is 0 Å². The molecule has 0 aromatic heterocycles. The van der Waals surface area contributed by atoms with E-state index in [2.05, 4.69) is 5.48 Å². The van der Waals surface area contributed by atoms with Gasteiger partial charge in [-0.1, -0.05) is 72.4 Å². The highest BCUT2D eigenvalue weighted by Crippen LogP contribution is 2.48. The predicted octanol–water partition coefficient (Wildman–Crippen LogP) is 4.67. The molecule has 2 aliphatic rings. The fourth-order valence-corrected chi connectivity index (χ4v) is 7.54. The lowest BCUT2D eigenvalue weighted by Crippen LogP contribution is -2.61. The Morgan fingerprint density at radius 1 is 1.04 bits per heavy atom. The number of nitrogens with two attached hydrogens (primary N) is 1. The Bertz CT molecular complexity index is 1740. The van der Waals surface area contributed by atoms with Crippen molar-refractivity contribution < 1.29 is 32.7 Å². The smallest absolute Gasteiger partial charge is 0.335 e. The molecule has 3 aromatic rings. The molecular weight excluding hydrogens is 643 g/mol. The number of carbonyl (C=O) groups excluding carboxylic acids is 2. The van der Waals surface area contributed by atoms with Gasteiger partial charge in [0.1, 0.15) is 0 Å². The van der Waals surface area contributed by atoms with E-state index in [1.165, 1.54) is 18.2 Å². The van der Waals surface area contributed by atoms with E-state index in [1.807, 2.05) is 0 Å². The lowest BCUT2D eigenvalue weighted by molar-refractivity contribution is -0.138. The molecule has 3 aromatic carbocycles. The summed E-state index contributed by atoms with van der Waals surface area (Å²) >= 11 is 13.0. The summed E-state index contributed by atoms with van der Waals surface area (Å²) in [6.07, 6.45) is 3.28. The van der Waals surface area contributed by atoms with E-state index in [0.717, 1.165) is 10.7 Å². The topological polar surface area (TPSA) is 159 Å². The number of nitrogens with zero attached hydrogens (tertiary/aromatic N) is 2. The van der Waals surface area contributed by atoms with Gasteiger partial charge in [0.25, 0.3) is 11.8 Å². The number of nitrogens with one attached hydrogen (secondary N) is 1. The average Bonchev–Trinajstić information content (AvgIpc) is 3.00. The van der Waals surface area contributed by atoms with Crippen molar-refractivity contribution in [3.05, 3.63) is 105 Å². The molecule has 0 saturated heterocycles. The molecule has 5 rings (SSSR count). The number of benzene rings is 3. The van der Waals surface area contributed by atoms with Gasteiger partial charge in [0, 0.05) is 15.6 Å². The van der Waals surface area contributed by atoms with Gasteiger partial charge < -0.3 is 10.0 Å². The molecule has 0 bridgehead atoms. The molecule has 11 nitrogen and oxygen atoms in total. The van der Waals surface area contributed by atoms with Crippen LogP contribution in [-0.2, 0) is 26.3 Å². The minimum atomic E-state index is -3.83. The number of hydrogen-bond acceptors (Lipinski definition) is 7. The molecule has 0 radical (unpaired) electrons. The predicted molar refractivity (Wildman–Crippen MR) is 168 cm³/mol. The van der Waals surface area contributed by atoms with Crippen molar-refractivity contribution in [2.24, 2.45) is 5.84 Å².